The third-order valence-electron chi connectivity index (χ3n) is 2.73. The SMILES string of the molecule is CC(C)N(C(C)C)P(N)(O)(Cl)c1ccccc1. The van der Waals surface area contributed by atoms with Crippen molar-refractivity contribution in [3.63, 3.8) is 0 Å². The van der Waals surface area contributed by atoms with Gasteiger partial charge >= 0.3 is 108 Å². The van der Waals surface area contributed by atoms with E-state index < -0.39 is 6.48 Å². The van der Waals surface area contributed by atoms with Gasteiger partial charge in [-0.2, -0.15) is 0 Å². The van der Waals surface area contributed by atoms with Crippen LogP contribution in [0.1, 0.15) is 27.7 Å². The predicted octanol–water partition coefficient (Wildman–Crippen LogP) is 2.83. The van der Waals surface area contributed by atoms with E-state index in [-0.39, 0.29) is 12.1 Å². The molecule has 1 aromatic carbocycles. The molecule has 0 aliphatic heterocycles. The van der Waals surface area contributed by atoms with E-state index in [2.05, 4.69) is 0 Å². The summed E-state index contributed by atoms with van der Waals surface area (Å²) in [6, 6.07) is 9.25. The molecule has 3 nitrogen and oxygen atoms in total. The molecule has 0 radical (unpaired) electrons. The van der Waals surface area contributed by atoms with E-state index in [1.165, 1.54) is 0 Å². The van der Waals surface area contributed by atoms with E-state index in [1.54, 1.807) is 12.1 Å². The van der Waals surface area contributed by atoms with Crippen molar-refractivity contribution < 1.29 is 4.89 Å². The Morgan fingerprint density at radius 1 is 1.12 bits per heavy atom. The van der Waals surface area contributed by atoms with Crippen LogP contribution in [0.5, 0.6) is 0 Å². The molecule has 17 heavy (non-hydrogen) atoms. The molecule has 0 aliphatic rings. The van der Waals surface area contributed by atoms with E-state index >= 15 is 0 Å². The summed E-state index contributed by atoms with van der Waals surface area (Å²) in [5.74, 6) is 0. The summed E-state index contributed by atoms with van der Waals surface area (Å²) < 4.78 is 1.81. The van der Waals surface area contributed by atoms with Crippen LogP contribution in [0.4, 0.5) is 0 Å². The maximum absolute atomic E-state index is 10.9. The Balaban J connectivity index is 3.31. The van der Waals surface area contributed by atoms with Crippen LogP contribution in [0, 0.1) is 0 Å². The Kier molecular flexibility index (Phi) is 4.23. The van der Waals surface area contributed by atoms with Crippen molar-refractivity contribution in [2.24, 2.45) is 5.50 Å². The monoisotopic (exact) mass is 276 g/mol. The summed E-state index contributed by atoms with van der Waals surface area (Å²) >= 11 is 6.46. The number of rotatable bonds is 4. The molecule has 0 amide bonds. The average molecular weight is 277 g/mol. The molecule has 5 heteroatoms. The van der Waals surface area contributed by atoms with Crippen molar-refractivity contribution in [1.29, 1.82) is 0 Å². The third kappa shape index (κ3) is 2.98. The summed E-state index contributed by atoms with van der Waals surface area (Å²) in [6.07, 6.45) is 0. The number of hydrogen-bond acceptors (Lipinski definition) is 3. The molecule has 0 saturated carbocycles. The molecule has 0 bridgehead atoms. The van der Waals surface area contributed by atoms with Crippen LogP contribution in [-0.4, -0.2) is 21.6 Å². The van der Waals surface area contributed by atoms with Crippen molar-refractivity contribution >= 4 is 23.0 Å². The second-order valence-corrected chi connectivity index (χ2v) is 9.83. The zero-order valence-electron chi connectivity index (χ0n) is 10.8. The zero-order chi connectivity index (χ0) is 13.3. The summed E-state index contributed by atoms with van der Waals surface area (Å²) in [4.78, 5) is 10.9. The predicted molar refractivity (Wildman–Crippen MR) is 77.4 cm³/mol. The van der Waals surface area contributed by atoms with Gasteiger partial charge in [0.15, 0.2) is 0 Å². The van der Waals surface area contributed by atoms with Crippen LogP contribution in [0.25, 0.3) is 0 Å². The van der Waals surface area contributed by atoms with Crippen molar-refractivity contribution in [2.45, 2.75) is 39.8 Å². The molecule has 98 valence electrons. The van der Waals surface area contributed by atoms with Gasteiger partial charge in [-0.25, -0.2) is 0 Å². The first-order chi connectivity index (χ1) is 7.65. The summed E-state index contributed by atoms with van der Waals surface area (Å²) in [7, 11) is 0. The Morgan fingerprint density at radius 2 is 1.53 bits per heavy atom. The number of hydrogen-bond donors (Lipinski definition) is 2. The first-order valence-corrected chi connectivity index (χ1v) is 8.90. The molecular weight excluding hydrogens is 255 g/mol. The van der Waals surface area contributed by atoms with E-state index in [1.807, 2.05) is 50.6 Å². The first-order valence-electron chi connectivity index (χ1n) is 5.79. The number of nitrogens with zero attached hydrogens (tertiary/aromatic N) is 1. The Labute approximate surface area is 108 Å². The molecule has 0 saturated heterocycles. The van der Waals surface area contributed by atoms with Gasteiger partial charge in [-0.15, -0.1) is 0 Å². The second kappa shape index (κ2) is 4.83. The molecule has 0 aromatic heterocycles. The third-order valence-corrected chi connectivity index (χ3v) is 6.90. The first kappa shape index (κ1) is 14.9. The topological polar surface area (TPSA) is 49.5 Å². The molecular formula is C12H22ClN2OP. The number of nitrogens with two attached hydrogens (primary N) is 1. The van der Waals surface area contributed by atoms with Crippen LogP contribution in [0.3, 0.4) is 0 Å². The van der Waals surface area contributed by atoms with Crippen molar-refractivity contribution in [3.8, 4) is 0 Å². The Bertz CT molecular complexity index is 365. The van der Waals surface area contributed by atoms with Crippen molar-refractivity contribution in [3.05, 3.63) is 30.3 Å². The van der Waals surface area contributed by atoms with Gasteiger partial charge in [0.25, 0.3) is 0 Å². The molecule has 1 rings (SSSR count). The van der Waals surface area contributed by atoms with Gasteiger partial charge in [-0.3, -0.25) is 0 Å². The Hall–Kier alpha value is -0.180. The molecule has 0 spiro atoms. The molecule has 3 N–H and O–H groups in total. The van der Waals surface area contributed by atoms with E-state index in [4.69, 9.17) is 16.7 Å². The number of benzene rings is 1. The van der Waals surface area contributed by atoms with Crippen molar-refractivity contribution in [1.82, 2.24) is 4.67 Å². The van der Waals surface area contributed by atoms with Gasteiger partial charge in [0.05, 0.1) is 0 Å². The average Bonchev–Trinajstić information content (AvgIpc) is 2.16. The minimum absolute atomic E-state index is 0.0698. The van der Waals surface area contributed by atoms with E-state index in [0.717, 1.165) is 0 Å². The molecule has 0 unspecified atom stereocenters. The van der Waals surface area contributed by atoms with Crippen LogP contribution in [0.2, 0.25) is 0 Å². The fourth-order valence-corrected chi connectivity index (χ4v) is 6.45. The van der Waals surface area contributed by atoms with Crippen LogP contribution < -0.4 is 10.8 Å². The van der Waals surface area contributed by atoms with Gasteiger partial charge in [0.2, 0.25) is 0 Å². The van der Waals surface area contributed by atoms with Gasteiger partial charge in [0, 0.05) is 0 Å². The summed E-state index contributed by atoms with van der Waals surface area (Å²) in [5.41, 5.74) is 6.20. The second-order valence-electron chi connectivity index (χ2n) is 4.89. The van der Waals surface area contributed by atoms with E-state index in [0.29, 0.717) is 5.30 Å². The van der Waals surface area contributed by atoms with E-state index in [9.17, 15) is 4.89 Å². The molecule has 0 heterocycles. The van der Waals surface area contributed by atoms with Crippen LogP contribution in [-0.2, 0) is 0 Å². The Morgan fingerprint density at radius 3 is 1.88 bits per heavy atom. The van der Waals surface area contributed by atoms with Crippen molar-refractivity contribution in [2.75, 3.05) is 0 Å². The van der Waals surface area contributed by atoms with Gasteiger partial charge < -0.3 is 0 Å². The molecule has 0 atom stereocenters. The van der Waals surface area contributed by atoms with Gasteiger partial charge in [-0.05, 0) is 0 Å². The standard InChI is InChI=1S/C12H22ClN2OP/c1-10(2)15(11(3)4)17(13,14,16)12-8-6-5-7-9-12/h5-11,16H,14H2,1-4H3. The maximum atomic E-state index is 10.9. The van der Waals surface area contributed by atoms with Gasteiger partial charge in [0.1, 0.15) is 0 Å². The fourth-order valence-electron chi connectivity index (χ4n) is 2.31. The van der Waals surface area contributed by atoms with Crippen LogP contribution in [0.15, 0.2) is 30.3 Å². The summed E-state index contributed by atoms with van der Waals surface area (Å²) in [6.45, 7) is 3.92. The molecule has 0 aliphatic carbocycles. The minimum atomic E-state index is -4.01. The molecule has 0 fully saturated rings. The molecule has 1 aromatic rings. The van der Waals surface area contributed by atoms with Gasteiger partial charge in [-0.1, -0.05) is 0 Å². The fraction of sp³-hybridized carbons (Fsp3) is 0.500. The van der Waals surface area contributed by atoms with Crippen LogP contribution >= 0.6 is 17.7 Å². The zero-order valence-corrected chi connectivity index (χ0v) is 12.5. The normalized spacial score (nSPS) is 15.3. The quantitative estimate of drug-likeness (QED) is 0.832. The number of halogens is 1. The summed E-state index contributed by atoms with van der Waals surface area (Å²) in [5, 5.41) is 0.600.